The van der Waals surface area contributed by atoms with Crippen LogP contribution >= 0.6 is 23.5 Å². The maximum Gasteiger partial charge on any atom is 0.453 e. The number of hydrogen-bond acceptors (Lipinski definition) is 6. The molecule has 3 aromatic rings. The van der Waals surface area contributed by atoms with Crippen LogP contribution < -0.4 is 11.2 Å². The van der Waals surface area contributed by atoms with Gasteiger partial charge in [-0.3, -0.25) is 4.79 Å². The first-order chi connectivity index (χ1) is 13.3. The van der Waals surface area contributed by atoms with Gasteiger partial charge in [-0.25, -0.2) is 4.68 Å². The summed E-state index contributed by atoms with van der Waals surface area (Å²) in [4.78, 5) is 14.1. The second-order valence-electron chi connectivity index (χ2n) is 5.42. The van der Waals surface area contributed by atoms with E-state index in [1.54, 1.807) is 12.1 Å². The minimum absolute atomic E-state index is 0.169. The van der Waals surface area contributed by atoms with Gasteiger partial charge in [0.15, 0.2) is 0 Å². The maximum absolute atomic E-state index is 12.7. The largest absolute Gasteiger partial charge is 0.453 e. The van der Waals surface area contributed by atoms with Crippen LogP contribution in [-0.4, -0.2) is 26.5 Å². The number of anilines is 1. The van der Waals surface area contributed by atoms with Gasteiger partial charge in [0, 0.05) is 9.79 Å². The normalized spacial score (nSPS) is 11.4. The Hall–Kier alpha value is -2.66. The lowest BCUT2D eigenvalue weighted by Crippen LogP contribution is -2.22. The quantitative estimate of drug-likeness (QED) is 0.460. The van der Waals surface area contributed by atoms with Crippen molar-refractivity contribution in [3.8, 4) is 0 Å². The second-order valence-corrected chi connectivity index (χ2v) is 7.48. The Bertz CT molecular complexity index is 963. The van der Waals surface area contributed by atoms with Crippen molar-refractivity contribution in [1.29, 1.82) is 0 Å². The highest BCUT2D eigenvalue weighted by Crippen LogP contribution is 2.33. The molecule has 1 amide bonds. The van der Waals surface area contributed by atoms with Crippen LogP contribution in [0.2, 0.25) is 0 Å². The molecule has 0 aliphatic heterocycles. The maximum atomic E-state index is 12.7. The first kappa shape index (κ1) is 20.1. The van der Waals surface area contributed by atoms with Crippen molar-refractivity contribution in [3.05, 3.63) is 60.4 Å². The number of rotatable bonds is 6. The van der Waals surface area contributed by atoms with Crippen LogP contribution in [0, 0.1) is 0 Å². The molecule has 0 radical (unpaired) electrons. The molecule has 1 aromatic heterocycles. The molecule has 3 N–H and O–H groups in total. The Kier molecular flexibility index (Phi) is 6.15. The van der Waals surface area contributed by atoms with E-state index in [0.717, 1.165) is 21.6 Å². The van der Waals surface area contributed by atoms with E-state index in [4.69, 9.17) is 5.84 Å². The summed E-state index contributed by atoms with van der Waals surface area (Å²) >= 11 is 2.25. The van der Waals surface area contributed by atoms with Crippen LogP contribution in [-0.2, 0) is 11.0 Å². The molecule has 0 saturated carbocycles. The number of nitrogen functional groups attached to an aromatic ring is 1. The lowest BCUT2D eigenvalue weighted by atomic mass is 10.3. The number of nitrogens with zero attached hydrogens (tertiary/aromatic N) is 3. The van der Waals surface area contributed by atoms with Gasteiger partial charge in [-0.05, 0) is 24.3 Å². The summed E-state index contributed by atoms with van der Waals surface area (Å²) in [5.41, 5.74) is 0.604. The molecule has 28 heavy (non-hydrogen) atoms. The average Bonchev–Trinajstić information content (AvgIpc) is 3.03. The van der Waals surface area contributed by atoms with Crippen LogP contribution in [0.3, 0.4) is 0 Å². The zero-order chi connectivity index (χ0) is 20.1. The van der Waals surface area contributed by atoms with Crippen LogP contribution in [0.5, 0.6) is 0 Å². The van der Waals surface area contributed by atoms with Crippen LogP contribution in [0.15, 0.2) is 69.5 Å². The first-order valence-electron chi connectivity index (χ1n) is 7.87. The molecule has 0 bridgehead atoms. The molecule has 0 saturated heterocycles. The van der Waals surface area contributed by atoms with E-state index in [9.17, 15) is 18.0 Å². The van der Waals surface area contributed by atoms with E-state index in [2.05, 4.69) is 15.5 Å². The van der Waals surface area contributed by atoms with Crippen molar-refractivity contribution in [3.63, 3.8) is 0 Å². The van der Waals surface area contributed by atoms with E-state index in [1.165, 1.54) is 11.8 Å². The van der Waals surface area contributed by atoms with E-state index in [1.807, 2.05) is 42.5 Å². The molecule has 11 heteroatoms. The molecule has 0 aliphatic carbocycles. The first-order valence-corrected chi connectivity index (χ1v) is 9.67. The zero-order valence-electron chi connectivity index (χ0n) is 14.2. The number of nitrogens with two attached hydrogens (primary N) is 1. The Morgan fingerprint density at radius 3 is 2.43 bits per heavy atom. The van der Waals surface area contributed by atoms with Crippen molar-refractivity contribution in [1.82, 2.24) is 14.9 Å². The number of hydrogen-bond donors (Lipinski definition) is 2. The summed E-state index contributed by atoms with van der Waals surface area (Å²) in [6.45, 7) is 0. The highest BCUT2D eigenvalue weighted by atomic mass is 32.2. The molecule has 0 unspecified atom stereocenters. The van der Waals surface area contributed by atoms with Gasteiger partial charge in [-0.15, -0.1) is 10.2 Å². The summed E-state index contributed by atoms with van der Waals surface area (Å²) in [6, 6.07) is 16.9. The molecular formula is C17H14F3N5OS2. The summed E-state index contributed by atoms with van der Waals surface area (Å²) in [6.07, 6.45) is -4.71. The highest BCUT2D eigenvalue weighted by Gasteiger charge is 2.38. The van der Waals surface area contributed by atoms with Crippen molar-refractivity contribution >= 4 is 35.1 Å². The average molecular weight is 425 g/mol. The molecular weight excluding hydrogens is 411 g/mol. The van der Waals surface area contributed by atoms with Gasteiger partial charge in [0.1, 0.15) is 0 Å². The number of para-hydroxylation sites is 1. The van der Waals surface area contributed by atoms with Gasteiger partial charge in [0.05, 0.1) is 11.4 Å². The van der Waals surface area contributed by atoms with Crippen molar-refractivity contribution in [2.45, 2.75) is 21.1 Å². The molecule has 6 nitrogen and oxygen atoms in total. The number of alkyl halides is 3. The summed E-state index contributed by atoms with van der Waals surface area (Å²) in [5, 5.41) is 8.96. The van der Waals surface area contributed by atoms with Crippen molar-refractivity contribution in [2.24, 2.45) is 0 Å². The van der Waals surface area contributed by atoms with Gasteiger partial charge in [0.2, 0.25) is 11.1 Å². The number of carbonyl (C=O) groups is 1. The lowest BCUT2D eigenvalue weighted by Gasteiger charge is -2.10. The standard InChI is InChI=1S/C17H14F3N5OS2/c18-17(19,20)15-23-24-16(25(15)21)27-10-14(26)22-12-8-4-5-9-13(12)28-11-6-2-1-3-7-11/h1-9H,10,21H2,(H,22,26). The molecule has 0 atom stereocenters. The smallest absolute Gasteiger partial charge is 0.335 e. The van der Waals surface area contributed by atoms with Crippen LogP contribution in [0.4, 0.5) is 18.9 Å². The van der Waals surface area contributed by atoms with Crippen LogP contribution in [0.25, 0.3) is 0 Å². The van der Waals surface area contributed by atoms with Gasteiger partial charge < -0.3 is 11.2 Å². The fourth-order valence-electron chi connectivity index (χ4n) is 2.16. The van der Waals surface area contributed by atoms with Gasteiger partial charge in [-0.2, -0.15) is 13.2 Å². The van der Waals surface area contributed by atoms with E-state index in [-0.39, 0.29) is 10.9 Å². The Labute approximate surface area is 166 Å². The SMILES string of the molecule is Nn1c(SCC(=O)Nc2ccccc2Sc2ccccc2)nnc1C(F)(F)F. The molecule has 0 aliphatic rings. The minimum Gasteiger partial charge on any atom is -0.335 e. The Morgan fingerprint density at radius 1 is 1.07 bits per heavy atom. The van der Waals surface area contributed by atoms with Crippen LogP contribution in [0.1, 0.15) is 5.82 Å². The molecule has 3 rings (SSSR count). The Balaban J connectivity index is 1.64. The second kappa shape index (κ2) is 8.57. The van der Waals surface area contributed by atoms with Gasteiger partial charge in [-0.1, -0.05) is 53.9 Å². The lowest BCUT2D eigenvalue weighted by molar-refractivity contribution is -0.146. The number of aromatic nitrogens is 3. The third kappa shape index (κ3) is 4.98. The predicted octanol–water partition coefficient (Wildman–Crippen LogP) is 3.89. The van der Waals surface area contributed by atoms with E-state index >= 15 is 0 Å². The van der Waals surface area contributed by atoms with Gasteiger partial charge in [0.25, 0.3) is 5.82 Å². The molecule has 0 fully saturated rings. The monoisotopic (exact) mass is 425 g/mol. The molecule has 146 valence electrons. The van der Waals surface area contributed by atoms with Gasteiger partial charge >= 0.3 is 6.18 Å². The summed E-state index contributed by atoms with van der Waals surface area (Å²) < 4.78 is 38.4. The number of thioether (sulfide) groups is 1. The minimum atomic E-state index is -4.71. The molecule has 2 aromatic carbocycles. The molecule has 1 heterocycles. The topological polar surface area (TPSA) is 85.8 Å². The third-order valence-electron chi connectivity index (χ3n) is 3.38. The number of amides is 1. The Morgan fingerprint density at radius 2 is 1.75 bits per heavy atom. The third-order valence-corrected chi connectivity index (χ3v) is 5.41. The number of halogens is 3. The number of benzene rings is 2. The van der Waals surface area contributed by atoms with E-state index < -0.39 is 17.9 Å². The van der Waals surface area contributed by atoms with Crippen molar-refractivity contribution in [2.75, 3.05) is 16.9 Å². The van der Waals surface area contributed by atoms with Crippen molar-refractivity contribution < 1.29 is 18.0 Å². The summed E-state index contributed by atoms with van der Waals surface area (Å²) in [5.74, 6) is 3.47. The number of carbonyl (C=O) groups excluding carboxylic acids is 1. The predicted molar refractivity (Wildman–Crippen MR) is 102 cm³/mol. The number of nitrogens with one attached hydrogen (secondary N) is 1. The fourth-order valence-corrected chi connectivity index (χ4v) is 3.74. The fraction of sp³-hybridized carbons (Fsp3) is 0.118. The molecule has 0 spiro atoms. The van der Waals surface area contributed by atoms with E-state index in [0.29, 0.717) is 10.4 Å². The zero-order valence-corrected chi connectivity index (χ0v) is 15.8. The summed E-state index contributed by atoms with van der Waals surface area (Å²) in [7, 11) is 0. The highest BCUT2D eigenvalue weighted by molar-refractivity contribution is 8.00.